The van der Waals surface area contributed by atoms with E-state index < -0.39 is 0 Å². The molecular weight excluding hydrogens is 224 g/mol. The molecule has 2 saturated heterocycles. The van der Waals surface area contributed by atoms with Crippen LogP contribution in [0.5, 0.6) is 0 Å². The minimum absolute atomic E-state index is 0.666. The maximum atomic E-state index is 4.61. The summed E-state index contributed by atoms with van der Waals surface area (Å²) in [4.78, 5) is 11.5. The van der Waals surface area contributed by atoms with Crippen molar-refractivity contribution >= 4 is 5.82 Å². The average molecular weight is 246 g/mol. The summed E-state index contributed by atoms with van der Waals surface area (Å²) < 4.78 is 0. The van der Waals surface area contributed by atoms with Crippen LogP contribution in [0.25, 0.3) is 0 Å². The van der Waals surface area contributed by atoms with E-state index in [2.05, 4.69) is 33.2 Å². The number of hydrogen-bond acceptors (Lipinski definition) is 4. The molecule has 0 radical (unpaired) electrons. The van der Waals surface area contributed by atoms with E-state index in [0.29, 0.717) is 6.04 Å². The lowest BCUT2D eigenvalue weighted by atomic mass is 9.94. The number of nitrogens with one attached hydrogen (secondary N) is 1. The number of hydrogen-bond donors (Lipinski definition) is 1. The molecule has 1 aromatic rings. The van der Waals surface area contributed by atoms with Gasteiger partial charge in [-0.05, 0) is 38.6 Å². The number of piperidine rings is 1. The molecule has 4 nitrogen and oxygen atoms in total. The van der Waals surface area contributed by atoms with Gasteiger partial charge in [0.05, 0.1) is 0 Å². The lowest BCUT2D eigenvalue weighted by Crippen LogP contribution is -2.40. The smallest absolute Gasteiger partial charge is 0.132 e. The van der Waals surface area contributed by atoms with Crippen LogP contribution in [0.15, 0.2) is 6.07 Å². The van der Waals surface area contributed by atoms with Crippen LogP contribution in [-0.4, -0.2) is 35.6 Å². The van der Waals surface area contributed by atoms with Crippen molar-refractivity contribution in [2.75, 3.05) is 24.5 Å². The highest BCUT2D eigenvalue weighted by molar-refractivity contribution is 5.42. The van der Waals surface area contributed by atoms with E-state index in [9.17, 15) is 0 Å². The van der Waals surface area contributed by atoms with E-state index in [1.807, 2.05) is 6.92 Å². The molecule has 4 heteroatoms. The summed E-state index contributed by atoms with van der Waals surface area (Å²) in [5.41, 5.74) is 1.15. The largest absolute Gasteiger partial charge is 0.355 e. The Bertz CT molecular complexity index is 418. The molecule has 2 atom stereocenters. The summed E-state index contributed by atoms with van der Waals surface area (Å²) in [5.74, 6) is 2.82. The van der Waals surface area contributed by atoms with Gasteiger partial charge in [0, 0.05) is 30.9 Å². The molecule has 2 aliphatic rings. The highest BCUT2D eigenvalue weighted by atomic mass is 15.2. The summed E-state index contributed by atoms with van der Waals surface area (Å²) >= 11 is 0. The molecule has 3 rings (SSSR count). The van der Waals surface area contributed by atoms with E-state index in [1.54, 1.807) is 0 Å². The van der Waals surface area contributed by atoms with Gasteiger partial charge < -0.3 is 10.2 Å². The number of fused-ring (bicyclic) bond motifs is 1. The Morgan fingerprint density at radius 2 is 2.28 bits per heavy atom. The van der Waals surface area contributed by atoms with Crippen molar-refractivity contribution in [2.24, 2.45) is 5.92 Å². The Kier molecular flexibility index (Phi) is 3.20. The van der Waals surface area contributed by atoms with Crippen LogP contribution in [0.4, 0.5) is 5.82 Å². The molecule has 1 aromatic heterocycles. The molecule has 3 heterocycles. The molecule has 1 N–H and O–H groups in total. The molecule has 18 heavy (non-hydrogen) atoms. The van der Waals surface area contributed by atoms with Crippen LogP contribution in [0.1, 0.15) is 31.3 Å². The lowest BCUT2D eigenvalue weighted by molar-refractivity contribution is 0.340. The van der Waals surface area contributed by atoms with Gasteiger partial charge in [-0.25, -0.2) is 9.97 Å². The van der Waals surface area contributed by atoms with Gasteiger partial charge in [0.25, 0.3) is 0 Å². The molecule has 0 aromatic carbocycles. The first-order valence-electron chi connectivity index (χ1n) is 7.09. The summed E-state index contributed by atoms with van der Waals surface area (Å²) in [7, 11) is 0. The van der Waals surface area contributed by atoms with E-state index in [0.717, 1.165) is 42.8 Å². The molecule has 0 bridgehead atoms. The van der Waals surface area contributed by atoms with Crippen LogP contribution < -0.4 is 10.2 Å². The summed E-state index contributed by atoms with van der Waals surface area (Å²) in [6, 6.07) is 2.82. The maximum Gasteiger partial charge on any atom is 0.132 e. The van der Waals surface area contributed by atoms with Gasteiger partial charge in [-0.1, -0.05) is 6.92 Å². The van der Waals surface area contributed by atoms with E-state index in [-0.39, 0.29) is 0 Å². The molecular formula is C14H22N4. The second-order valence-electron chi connectivity index (χ2n) is 5.49. The van der Waals surface area contributed by atoms with Crippen molar-refractivity contribution in [1.29, 1.82) is 0 Å². The van der Waals surface area contributed by atoms with Gasteiger partial charge in [0.1, 0.15) is 11.6 Å². The molecule has 2 aliphatic heterocycles. The van der Waals surface area contributed by atoms with Crippen LogP contribution in [0.3, 0.4) is 0 Å². The highest BCUT2D eigenvalue weighted by Gasteiger charge is 2.34. The van der Waals surface area contributed by atoms with Crippen molar-refractivity contribution in [3.63, 3.8) is 0 Å². The van der Waals surface area contributed by atoms with Crippen molar-refractivity contribution in [3.05, 3.63) is 17.6 Å². The Morgan fingerprint density at radius 3 is 3.06 bits per heavy atom. The van der Waals surface area contributed by atoms with Gasteiger partial charge in [0.2, 0.25) is 0 Å². The fraction of sp³-hybridized carbons (Fsp3) is 0.714. The number of aromatic nitrogens is 2. The number of nitrogens with zero attached hydrogens (tertiary/aromatic N) is 3. The predicted octanol–water partition coefficient (Wildman–Crippen LogP) is 1.54. The molecule has 0 aliphatic carbocycles. The van der Waals surface area contributed by atoms with Crippen molar-refractivity contribution in [3.8, 4) is 0 Å². The van der Waals surface area contributed by atoms with Crippen LogP contribution in [0, 0.1) is 12.8 Å². The lowest BCUT2D eigenvalue weighted by Gasteiger charge is -2.24. The zero-order valence-electron chi connectivity index (χ0n) is 11.3. The summed E-state index contributed by atoms with van der Waals surface area (Å²) in [6.07, 6.45) is 3.66. The van der Waals surface area contributed by atoms with Crippen molar-refractivity contribution in [2.45, 2.75) is 39.2 Å². The van der Waals surface area contributed by atoms with Crippen LogP contribution in [-0.2, 0) is 6.42 Å². The molecule has 0 spiro atoms. The second kappa shape index (κ2) is 4.84. The SMILES string of the molecule is CCc1cc(N2CC3CCCNC3C2)nc(C)n1. The molecule has 2 fully saturated rings. The topological polar surface area (TPSA) is 41.0 Å². The minimum atomic E-state index is 0.666. The van der Waals surface area contributed by atoms with Crippen molar-refractivity contribution in [1.82, 2.24) is 15.3 Å². The van der Waals surface area contributed by atoms with E-state index in [1.165, 1.54) is 19.4 Å². The fourth-order valence-electron chi connectivity index (χ4n) is 3.19. The summed E-state index contributed by atoms with van der Waals surface area (Å²) in [6.45, 7) is 7.57. The Labute approximate surface area is 109 Å². The average Bonchev–Trinajstić information content (AvgIpc) is 2.81. The minimum Gasteiger partial charge on any atom is -0.355 e. The normalized spacial score (nSPS) is 27.3. The van der Waals surface area contributed by atoms with Crippen molar-refractivity contribution < 1.29 is 0 Å². The zero-order valence-corrected chi connectivity index (χ0v) is 11.3. The third kappa shape index (κ3) is 2.21. The Balaban J connectivity index is 1.81. The Morgan fingerprint density at radius 1 is 1.39 bits per heavy atom. The second-order valence-corrected chi connectivity index (χ2v) is 5.49. The van der Waals surface area contributed by atoms with Gasteiger partial charge in [-0.2, -0.15) is 0 Å². The first kappa shape index (κ1) is 11.9. The quantitative estimate of drug-likeness (QED) is 0.859. The van der Waals surface area contributed by atoms with Gasteiger partial charge in [0.15, 0.2) is 0 Å². The third-order valence-electron chi connectivity index (χ3n) is 4.16. The zero-order chi connectivity index (χ0) is 12.5. The summed E-state index contributed by atoms with van der Waals surface area (Å²) in [5, 5.41) is 3.64. The first-order chi connectivity index (χ1) is 8.76. The predicted molar refractivity (Wildman–Crippen MR) is 72.9 cm³/mol. The molecule has 98 valence electrons. The van der Waals surface area contributed by atoms with E-state index in [4.69, 9.17) is 0 Å². The standard InChI is InChI=1S/C14H22N4/c1-3-12-7-14(17-10(2)16-12)18-8-11-5-4-6-15-13(11)9-18/h7,11,13,15H,3-6,8-9H2,1-2H3. The Hall–Kier alpha value is -1.16. The molecule has 2 unspecified atom stereocenters. The number of rotatable bonds is 2. The number of aryl methyl sites for hydroxylation is 2. The van der Waals surface area contributed by atoms with Gasteiger partial charge >= 0.3 is 0 Å². The maximum absolute atomic E-state index is 4.61. The van der Waals surface area contributed by atoms with E-state index >= 15 is 0 Å². The van der Waals surface area contributed by atoms with Crippen LogP contribution >= 0.6 is 0 Å². The third-order valence-corrected chi connectivity index (χ3v) is 4.16. The van der Waals surface area contributed by atoms with Crippen LogP contribution in [0.2, 0.25) is 0 Å². The fourth-order valence-corrected chi connectivity index (χ4v) is 3.19. The highest BCUT2D eigenvalue weighted by Crippen LogP contribution is 2.28. The van der Waals surface area contributed by atoms with Gasteiger partial charge in [-0.15, -0.1) is 0 Å². The monoisotopic (exact) mass is 246 g/mol. The first-order valence-corrected chi connectivity index (χ1v) is 7.09. The number of anilines is 1. The molecule has 0 amide bonds. The molecule has 0 saturated carbocycles. The van der Waals surface area contributed by atoms with Gasteiger partial charge in [-0.3, -0.25) is 0 Å².